The molecule has 4 nitrogen and oxygen atoms in total. The van der Waals surface area contributed by atoms with E-state index in [1.54, 1.807) is 0 Å². The Hall–Kier alpha value is -3.40. The topological polar surface area (TPSA) is 49.4 Å². The lowest BCUT2D eigenvalue weighted by atomic mass is 10.0. The molecule has 1 aliphatic carbocycles. The van der Waals surface area contributed by atoms with E-state index in [4.69, 9.17) is 0 Å². The van der Waals surface area contributed by atoms with Crippen molar-refractivity contribution in [2.75, 3.05) is 6.54 Å². The molecule has 3 aromatic carbocycles. The standard InChI is InChI=1S/C32H38N2O2/c35-31(21-20-26-14-10-11-15-26)33-30(24-28-16-6-2-7-17-28)32(36)34(25-29-18-8-3-9-19-29)23-22-27-12-4-1-5-13-27/h1-9,12-13,16-19,26,30H,10-11,14-15,20-25H2,(H,33,35). The predicted octanol–water partition coefficient (Wildman–Crippen LogP) is 5.96. The van der Waals surface area contributed by atoms with E-state index in [1.165, 1.54) is 31.2 Å². The van der Waals surface area contributed by atoms with Gasteiger partial charge in [0.25, 0.3) is 0 Å². The minimum absolute atomic E-state index is 0.0149. The Balaban J connectivity index is 1.49. The summed E-state index contributed by atoms with van der Waals surface area (Å²) in [5, 5.41) is 3.12. The Morgan fingerprint density at radius 3 is 1.94 bits per heavy atom. The van der Waals surface area contributed by atoms with Crippen LogP contribution in [0.5, 0.6) is 0 Å². The number of benzene rings is 3. The van der Waals surface area contributed by atoms with Crippen LogP contribution in [0.3, 0.4) is 0 Å². The van der Waals surface area contributed by atoms with E-state index in [1.807, 2.05) is 71.6 Å². The molecule has 0 spiro atoms. The molecule has 1 fully saturated rings. The molecule has 0 aliphatic heterocycles. The maximum absolute atomic E-state index is 14.0. The van der Waals surface area contributed by atoms with Crippen molar-refractivity contribution in [1.29, 1.82) is 0 Å². The minimum Gasteiger partial charge on any atom is -0.344 e. The molecule has 1 unspecified atom stereocenters. The van der Waals surface area contributed by atoms with E-state index in [0.717, 1.165) is 24.0 Å². The first-order chi connectivity index (χ1) is 17.7. The maximum Gasteiger partial charge on any atom is 0.245 e. The molecule has 36 heavy (non-hydrogen) atoms. The van der Waals surface area contributed by atoms with E-state index < -0.39 is 6.04 Å². The molecule has 1 N–H and O–H groups in total. The minimum atomic E-state index is -0.581. The van der Waals surface area contributed by atoms with E-state index in [-0.39, 0.29) is 11.8 Å². The van der Waals surface area contributed by atoms with Gasteiger partial charge < -0.3 is 10.2 Å². The zero-order chi connectivity index (χ0) is 25.0. The molecular formula is C32H38N2O2. The Bertz CT molecular complexity index is 1060. The van der Waals surface area contributed by atoms with Crippen LogP contribution in [0.4, 0.5) is 0 Å². The Morgan fingerprint density at radius 2 is 1.33 bits per heavy atom. The van der Waals surface area contributed by atoms with E-state index >= 15 is 0 Å². The number of nitrogens with one attached hydrogen (secondary N) is 1. The average Bonchev–Trinajstić information content (AvgIpc) is 3.45. The van der Waals surface area contributed by atoms with Gasteiger partial charge >= 0.3 is 0 Å². The Labute approximate surface area is 215 Å². The molecule has 4 heteroatoms. The second-order valence-corrected chi connectivity index (χ2v) is 9.98. The molecule has 0 bridgehead atoms. The first-order valence-corrected chi connectivity index (χ1v) is 13.4. The SMILES string of the molecule is O=C(CCC1CCCC1)NC(Cc1ccccc1)C(=O)N(CCc1ccccc1)Cc1ccccc1. The third-order valence-electron chi connectivity index (χ3n) is 7.21. The van der Waals surface area contributed by atoms with Crippen LogP contribution in [-0.4, -0.2) is 29.3 Å². The normalized spacial score (nSPS) is 14.3. The highest BCUT2D eigenvalue weighted by Gasteiger charge is 2.27. The molecule has 0 heterocycles. The fourth-order valence-electron chi connectivity index (χ4n) is 5.15. The van der Waals surface area contributed by atoms with Crippen molar-refractivity contribution in [1.82, 2.24) is 10.2 Å². The van der Waals surface area contributed by atoms with Gasteiger partial charge in [-0.1, -0.05) is 117 Å². The summed E-state index contributed by atoms with van der Waals surface area (Å²) < 4.78 is 0. The molecular weight excluding hydrogens is 444 g/mol. The third kappa shape index (κ3) is 8.08. The Morgan fingerprint density at radius 1 is 0.778 bits per heavy atom. The number of amides is 2. The van der Waals surface area contributed by atoms with Gasteiger partial charge in [0, 0.05) is 25.9 Å². The lowest BCUT2D eigenvalue weighted by Crippen LogP contribution is -2.50. The van der Waals surface area contributed by atoms with Crippen molar-refractivity contribution in [3.05, 3.63) is 108 Å². The van der Waals surface area contributed by atoms with Gasteiger partial charge in [-0.25, -0.2) is 0 Å². The smallest absolute Gasteiger partial charge is 0.245 e. The highest BCUT2D eigenvalue weighted by atomic mass is 16.2. The summed E-state index contributed by atoms with van der Waals surface area (Å²) in [6, 6.07) is 29.8. The molecule has 4 rings (SSSR count). The zero-order valence-corrected chi connectivity index (χ0v) is 21.1. The second kappa shape index (κ2) is 13.6. The highest BCUT2D eigenvalue weighted by molar-refractivity contribution is 5.88. The van der Waals surface area contributed by atoms with E-state index in [2.05, 4.69) is 29.6 Å². The van der Waals surface area contributed by atoms with Crippen LogP contribution in [0.2, 0.25) is 0 Å². The van der Waals surface area contributed by atoms with Crippen LogP contribution in [0.25, 0.3) is 0 Å². The van der Waals surface area contributed by atoms with Gasteiger partial charge in [-0.15, -0.1) is 0 Å². The first-order valence-electron chi connectivity index (χ1n) is 13.4. The quantitative estimate of drug-likeness (QED) is 0.346. The van der Waals surface area contributed by atoms with Crippen LogP contribution < -0.4 is 5.32 Å². The summed E-state index contributed by atoms with van der Waals surface area (Å²) >= 11 is 0. The number of rotatable bonds is 12. The van der Waals surface area contributed by atoms with Gasteiger partial charge in [0.1, 0.15) is 6.04 Å². The van der Waals surface area contributed by atoms with Crippen molar-refractivity contribution in [3.63, 3.8) is 0 Å². The van der Waals surface area contributed by atoms with Crippen molar-refractivity contribution < 1.29 is 9.59 Å². The second-order valence-electron chi connectivity index (χ2n) is 9.98. The number of nitrogens with zero attached hydrogens (tertiary/aromatic N) is 1. The summed E-state index contributed by atoms with van der Waals surface area (Å²) in [6.45, 7) is 1.12. The maximum atomic E-state index is 14.0. The third-order valence-corrected chi connectivity index (χ3v) is 7.21. The first kappa shape index (κ1) is 25.7. The summed E-state index contributed by atoms with van der Waals surface area (Å²) in [6.07, 6.45) is 7.67. The van der Waals surface area contributed by atoms with Crippen LogP contribution in [0, 0.1) is 5.92 Å². The molecule has 3 aromatic rings. The molecule has 188 valence electrons. The van der Waals surface area contributed by atoms with Crippen LogP contribution in [-0.2, 0) is 29.0 Å². The fraction of sp³-hybridized carbons (Fsp3) is 0.375. The van der Waals surface area contributed by atoms with Crippen LogP contribution >= 0.6 is 0 Å². The van der Waals surface area contributed by atoms with Gasteiger partial charge in [0.15, 0.2) is 0 Å². The summed E-state index contributed by atoms with van der Waals surface area (Å²) in [5.74, 6) is 0.617. The van der Waals surface area contributed by atoms with Crippen LogP contribution in [0.1, 0.15) is 55.2 Å². The van der Waals surface area contributed by atoms with Gasteiger partial charge in [0.05, 0.1) is 0 Å². The lowest BCUT2D eigenvalue weighted by Gasteiger charge is -2.28. The average molecular weight is 483 g/mol. The molecule has 0 radical (unpaired) electrons. The fourth-order valence-corrected chi connectivity index (χ4v) is 5.15. The number of hydrogen-bond acceptors (Lipinski definition) is 2. The molecule has 0 aromatic heterocycles. The number of carbonyl (C=O) groups excluding carboxylic acids is 2. The summed E-state index contributed by atoms with van der Waals surface area (Å²) in [4.78, 5) is 28.9. The van der Waals surface area contributed by atoms with Gasteiger partial charge in [-0.05, 0) is 35.4 Å². The van der Waals surface area contributed by atoms with Gasteiger partial charge in [-0.3, -0.25) is 9.59 Å². The number of carbonyl (C=O) groups is 2. The molecule has 1 aliphatic rings. The molecule has 2 amide bonds. The van der Waals surface area contributed by atoms with Crippen molar-refractivity contribution in [3.8, 4) is 0 Å². The summed E-state index contributed by atoms with van der Waals surface area (Å²) in [5.41, 5.74) is 3.34. The molecule has 0 saturated heterocycles. The highest BCUT2D eigenvalue weighted by Crippen LogP contribution is 2.28. The van der Waals surface area contributed by atoms with Crippen LogP contribution in [0.15, 0.2) is 91.0 Å². The molecule has 1 saturated carbocycles. The van der Waals surface area contributed by atoms with Crippen molar-refractivity contribution in [2.45, 2.75) is 64.0 Å². The zero-order valence-electron chi connectivity index (χ0n) is 21.1. The summed E-state index contributed by atoms with van der Waals surface area (Å²) in [7, 11) is 0. The van der Waals surface area contributed by atoms with Gasteiger partial charge in [-0.2, -0.15) is 0 Å². The molecule has 1 atom stereocenters. The van der Waals surface area contributed by atoms with E-state index in [9.17, 15) is 9.59 Å². The van der Waals surface area contributed by atoms with E-state index in [0.29, 0.717) is 31.8 Å². The Kier molecular flexibility index (Phi) is 9.72. The van der Waals surface area contributed by atoms with Crippen molar-refractivity contribution >= 4 is 11.8 Å². The lowest BCUT2D eigenvalue weighted by molar-refractivity contribution is -0.137. The van der Waals surface area contributed by atoms with Gasteiger partial charge in [0.2, 0.25) is 11.8 Å². The predicted molar refractivity (Wildman–Crippen MR) is 145 cm³/mol. The monoisotopic (exact) mass is 482 g/mol. The number of hydrogen-bond donors (Lipinski definition) is 1. The largest absolute Gasteiger partial charge is 0.344 e. The van der Waals surface area contributed by atoms with Crippen molar-refractivity contribution in [2.24, 2.45) is 5.92 Å².